The lowest BCUT2D eigenvalue weighted by Crippen LogP contribution is -2.48. The summed E-state index contributed by atoms with van der Waals surface area (Å²) in [6, 6.07) is 59.8. The molecular weight excluding hydrogens is 1750 g/mol. The molecule has 12 aliphatic rings. The van der Waals surface area contributed by atoms with Gasteiger partial charge in [0.05, 0.1) is 29.6 Å². The van der Waals surface area contributed by atoms with Crippen molar-refractivity contribution in [2.45, 2.75) is 534 Å². The highest BCUT2D eigenvalue weighted by atomic mass is 15.3. The third kappa shape index (κ3) is 22.6. The lowest BCUT2D eigenvalue weighted by Gasteiger charge is -2.28. The molecule has 6 aromatic carbocycles. The van der Waals surface area contributed by atoms with Crippen molar-refractivity contribution in [1.29, 1.82) is 0 Å². The van der Waals surface area contributed by atoms with Crippen LogP contribution in [-0.4, -0.2) is 22.8 Å². The van der Waals surface area contributed by atoms with E-state index in [0.29, 0.717) is 24.0 Å². The van der Waals surface area contributed by atoms with Crippen LogP contribution in [0.1, 0.15) is 559 Å². The fraction of sp³-hybridized carbons (Fsp3) is 0.619. The van der Waals surface area contributed by atoms with E-state index in [1.165, 1.54) is 475 Å². The first-order valence-electron chi connectivity index (χ1n) is 60.7. The minimum absolute atomic E-state index is 0.629. The molecule has 10 nitrogen and oxygen atoms in total. The molecule has 0 N–H and O–H groups in total. The maximum atomic E-state index is 2.98. The second-order valence-corrected chi connectivity index (χ2v) is 48.3. The van der Waals surface area contributed by atoms with E-state index in [4.69, 9.17) is 0 Å². The first kappa shape index (κ1) is 104. The number of imidazole rings is 5. The molecule has 0 radical (unpaired) electrons. The molecule has 0 saturated heterocycles. The molecule has 0 bridgehead atoms. The van der Waals surface area contributed by atoms with Gasteiger partial charge in [0, 0.05) is 65.9 Å². The molecule has 12 saturated carbocycles. The number of aryl methyl sites for hydroxylation is 5. The summed E-state index contributed by atoms with van der Waals surface area (Å²) in [6.45, 7) is 28.1. The molecule has 12 fully saturated rings. The average molecular weight is 1940 g/mol. The summed E-state index contributed by atoms with van der Waals surface area (Å²) in [4.78, 5) is 0. The quantitative estimate of drug-likeness (QED) is 0.0769. The van der Waals surface area contributed by atoms with Crippen molar-refractivity contribution >= 4 is 0 Å². The molecular formula is C134H191N10+5. The highest BCUT2D eigenvalue weighted by molar-refractivity contribution is 5.61. The Balaban J connectivity index is 0.000000114. The Morgan fingerprint density at radius 3 is 0.597 bits per heavy atom. The van der Waals surface area contributed by atoms with Crippen LogP contribution in [0.25, 0.3) is 39.7 Å². The second-order valence-electron chi connectivity index (χ2n) is 48.3. The van der Waals surface area contributed by atoms with Gasteiger partial charge >= 0.3 is 0 Å². The van der Waals surface area contributed by atoms with Crippen LogP contribution in [-0.2, 0) is 0 Å². The van der Waals surface area contributed by atoms with E-state index in [1.54, 1.807) is 51.9 Å². The number of hydrogen-bond donors (Lipinski definition) is 0. The van der Waals surface area contributed by atoms with E-state index in [0.717, 1.165) is 47.6 Å². The summed E-state index contributed by atoms with van der Waals surface area (Å²) in [5.74, 6) is 13.3. The number of aromatic nitrogens is 10. The second kappa shape index (κ2) is 49.7. The average Bonchev–Trinajstić information content (AvgIpc) is 1.57. The third-order valence-electron chi connectivity index (χ3n) is 38.8. The van der Waals surface area contributed by atoms with Crippen LogP contribution < -0.4 is 22.8 Å². The van der Waals surface area contributed by atoms with Gasteiger partial charge in [0.25, 0.3) is 29.1 Å². The minimum atomic E-state index is 0.629. The van der Waals surface area contributed by atoms with Crippen molar-refractivity contribution in [3.8, 4) is 39.7 Å². The molecule has 0 amide bonds. The summed E-state index contributed by atoms with van der Waals surface area (Å²) >= 11 is 0. The Hall–Kier alpha value is -8.63. The van der Waals surface area contributed by atoms with Gasteiger partial charge in [-0.05, 0) is 311 Å². The first-order valence-corrected chi connectivity index (χ1v) is 60.7. The molecule has 5 aromatic heterocycles. The molecule has 23 rings (SSSR count). The highest BCUT2D eigenvalue weighted by Gasteiger charge is 2.48. The van der Waals surface area contributed by atoms with Crippen molar-refractivity contribution in [2.75, 3.05) is 0 Å². The number of rotatable bonds is 18. The summed E-state index contributed by atoms with van der Waals surface area (Å²) in [5.41, 5.74) is 30.7. The van der Waals surface area contributed by atoms with Crippen molar-refractivity contribution < 1.29 is 22.8 Å². The predicted molar refractivity (Wildman–Crippen MR) is 599 cm³/mol. The van der Waals surface area contributed by atoms with Gasteiger partial charge in [-0.25, -0.2) is 22.8 Å². The number of nitrogens with zero attached hydrogens (tertiary/aromatic N) is 10. The van der Waals surface area contributed by atoms with Crippen molar-refractivity contribution in [3.05, 3.63) is 260 Å². The molecule has 0 atom stereocenters. The zero-order chi connectivity index (χ0) is 99.1. The number of hydrogen-bond acceptors (Lipinski definition) is 0. The number of benzene rings is 6. The maximum absolute atomic E-state index is 2.98. The molecule has 0 aliphatic heterocycles. The fourth-order valence-electron chi connectivity index (χ4n) is 31.2. The number of para-hydroxylation sites is 5. The van der Waals surface area contributed by atoms with Crippen LogP contribution in [0.15, 0.2) is 152 Å². The van der Waals surface area contributed by atoms with Crippen LogP contribution in [0.4, 0.5) is 0 Å². The molecule has 144 heavy (non-hydrogen) atoms. The molecule has 0 spiro atoms. The van der Waals surface area contributed by atoms with Crippen molar-refractivity contribution in [3.63, 3.8) is 0 Å². The molecule has 11 aromatic rings. The van der Waals surface area contributed by atoms with Crippen LogP contribution >= 0.6 is 0 Å². The van der Waals surface area contributed by atoms with E-state index >= 15 is 0 Å². The van der Waals surface area contributed by atoms with E-state index in [2.05, 4.69) is 280 Å². The molecule has 12 aliphatic carbocycles. The Morgan fingerprint density at radius 1 is 0.167 bits per heavy atom. The zero-order valence-corrected chi connectivity index (χ0v) is 92.6. The van der Waals surface area contributed by atoms with Crippen molar-refractivity contribution in [2.24, 2.45) is 0 Å². The Kier molecular flexibility index (Phi) is 35.8. The fourth-order valence-corrected chi connectivity index (χ4v) is 31.2. The smallest absolute Gasteiger partial charge is 0.228 e. The third-order valence-corrected chi connectivity index (χ3v) is 38.8. The van der Waals surface area contributed by atoms with Crippen LogP contribution in [0.5, 0.6) is 0 Å². The Bertz CT molecular complexity index is 5820. The van der Waals surface area contributed by atoms with E-state index < -0.39 is 0 Å². The summed E-state index contributed by atoms with van der Waals surface area (Å²) in [5, 5.41) is 0. The molecule has 10 heteroatoms. The summed E-state index contributed by atoms with van der Waals surface area (Å²) in [6.07, 6.45) is 82.2. The summed E-state index contributed by atoms with van der Waals surface area (Å²) < 4.78 is 27.8. The zero-order valence-electron chi connectivity index (χ0n) is 92.6. The van der Waals surface area contributed by atoms with Gasteiger partial charge in [-0.3, -0.25) is 0 Å². The normalized spacial score (nSPS) is 20.5. The molecule has 0 unspecified atom stereocenters. The van der Waals surface area contributed by atoms with Crippen molar-refractivity contribution in [1.82, 2.24) is 22.8 Å². The van der Waals surface area contributed by atoms with Crippen LogP contribution in [0, 0.1) is 83.1 Å². The molecule has 772 valence electrons. The lowest BCUT2D eigenvalue weighted by atomic mass is 9.84. The van der Waals surface area contributed by atoms with Gasteiger partial charge in [-0.2, -0.15) is 22.8 Å². The Morgan fingerprint density at radius 2 is 0.347 bits per heavy atom. The summed E-state index contributed by atoms with van der Waals surface area (Å²) in [7, 11) is 0. The van der Waals surface area contributed by atoms with Gasteiger partial charge in [-0.1, -0.05) is 282 Å². The standard InChI is InChI=1S/C29H43N2.C29H37N2.C28H41N2.2C24H35N2/c2*1-22-14-12-13-21-27(22)30-23(2)28(24-15-6-3-7-16-24)31(26-19-10-5-11-20-26)29(30)25-17-8-4-9-18-25;1-21-13-9-12-20-26(21)29-22(2)27(23-14-10-11-15-23)30(25-18-7-4-8-19-25)28(29)24-16-5-3-6-17-24;2*1-18-12-10-11-17-23(18)26-20(3)19(2)25(22-15-8-5-9-16-22)24(26)21-13-6-4-7-14-21/h12-14,21,24-26H,3-11,15-20H2,1-2H3;3,6-7,12-16,21,25-26H,4-5,8-11,17-20H2,1-2H3;9,12-13,20,23-25H,3-8,10-11,14-19H2,1-2H3;2*10-12,17,21-22H,4-9,13-16H2,1-3H3/q5*+1. The topological polar surface area (TPSA) is 44.0 Å². The van der Waals surface area contributed by atoms with Gasteiger partial charge in [-0.15, -0.1) is 0 Å². The predicted octanol–water partition coefficient (Wildman–Crippen LogP) is 35.7. The SMILES string of the molecule is Cc1ccccc1-n1c(C)c(-c2ccccc2)[n+](C2CCCCC2)c1C1CCCCC1.Cc1ccccc1-n1c(C)c(C)[n+](C2CCCCC2)c1C1CCCCC1.Cc1ccccc1-n1c(C)c(C)[n+](C2CCCCC2)c1C1CCCCC1.Cc1ccccc1-n1c(C)c(C2CCCC2)[n+](C2CCCCC2)c1C1CCCCC1.Cc1ccccc1-n1c(C)c(C2CCCCC2)[n+](C2CCCCC2)c1C1CCCCC1. The van der Waals surface area contributed by atoms with Crippen LogP contribution in [0.2, 0.25) is 0 Å². The first-order chi connectivity index (χ1) is 70.6. The van der Waals surface area contributed by atoms with E-state index in [9.17, 15) is 0 Å². The van der Waals surface area contributed by atoms with Gasteiger partial charge in [0.1, 0.15) is 104 Å². The van der Waals surface area contributed by atoms with Gasteiger partial charge in [0.15, 0.2) is 11.4 Å². The molecule has 5 heterocycles. The maximum Gasteiger partial charge on any atom is 0.265 e. The van der Waals surface area contributed by atoms with E-state index in [-0.39, 0.29) is 0 Å². The monoisotopic (exact) mass is 1940 g/mol. The highest BCUT2D eigenvalue weighted by Crippen LogP contribution is 2.49. The van der Waals surface area contributed by atoms with Crippen LogP contribution in [0.3, 0.4) is 0 Å². The largest absolute Gasteiger partial charge is 0.265 e. The Labute approximate surface area is 872 Å². The lowest BCUT2D eigenvalue weighted by molar-refractivity contribution is -0.741. The van der Waals surface area contributed by atoms with Gasteiger partial charge < -0.3 is 0 Å². The van der Waals surface area contributed by atoms with Gasteiger partial charge in [0.2, 0.25) is 0 Å². The van der Waals surface area contributed by atoms with E-state index in [1.807, 2.05) is 0 Å². The minimum Gasteiger partial charge on any atom is -0.228 e.